The third-order valence-corrected chi connectivity index (χ3v) is 2.87. The van der Waals surface area contributed by atoms with Gasteiger partial charge in [0.05, 0.1) is 18.0 Å². The Morgan fingerprint density at radius 3 is 2.90 bits per heavy atom. The van der Waals surface area contributed by atoms with Crippen LogP contribution in [-0.2, 0) is 13.5 Å². The fraction of sp³-hybridized carbons (Fsp3) is 0.385. The topological polar surface area (TPSA) is 78.0 Å². The number of benzene rings is 1. The van der Waals surface area contributed by atoms with Crippen molar-refractivity contribution in [3.05, 3.63) is 30.1 Å². The van der Waals surface area contributed by atoms with Crippen LogP contribution in [0.15, 0.2) is 18.5 Å². The highest BCUT2D eigenvalue weighted by Gasteiger charge is 2.09. The van der Waals surface area contributed by atoms with Crippen molar-refractivity contribution in [2.24, 2.45) is 7.05 Å². The lowest BCUT2D eigenvalue weighted by Crippen LogP contribution is -2.10. The minimum atomic E-state index is -0.455. The Hall–Kier alpha value is -2.31. The average molecular weight is 279 g/mol. The van der Waals surface area contributed by atoms with E-state index in [0.717, 1.165) is 5.82 Å². The fourth-order valence-corrected chi connectivity index (χ4v) is 1.83. The molecule has 0 aliphatic carbocycles. The van der Waals surface area contributed by atoms with Gasteiger partial charge in [0.25, 0.3) is 0 Å². The van der Waals surface area contributed by atoms with E-state index in [-0.39, 0.29) is 5.75 Å². The molecule has 1 aromatic carbocycles. The lowest BCUT2D eigenvalue weighted by molar-refractivity contribution is 0.322. The van der Waals surface area contributed by atoms with Crippen LogP contribution in [0.4, 0.5) is 15.8 Å². The SMILES string of the molecule is CCOc1cc(NCCc2nncn2C)c(N)cc1F. The number of aryl methyl sites for hydroxylation is 1. The smallest absolute Gasteiger partial charge is 0.167 e. The summed E-state index contributed by atoms with van der Waals surface area (Å²) in [5.41, 5.74) is 6.79. The number of aromatic nitrogens is 3. The van der Waals surface area contributed by atoms with Crippen molar-refractivity contribution in [2.75, 3.05) is 24.2 Å². The van der Waals surface area contributed by atoms with Gasteiger partial charge in [-0.2, -0.15) is 0 Å². The Morgan fingerprint density at radius 2 is 2.25 bits per heavy atom. The molecular formula is C13H18FN5O. The van der Waals surface area contributed by atoms with Crippen LogP contribution in [0, 0.1) is 5.82 Å². The van der Waals surface area contributed by atoms with Gasteiger partial charge in [0, 0.05) is 32.1 Å². The molecule has 1 heterocycles. The Morgan fingerprint density at radius 1 is 1.45 bits per heavy atom. The summed E-state index contributed by atoms with van der Waals surface area (Å²) in [6.45, 7) is 2.82. The van der Waals surface area contributed by atoms with Crippen LogP contribution in [0.3, 0.4) is 0 Å². The van der Waals surface area contributed by atoms with Crippen LogP contribution >= 0.6 is 0 Å². The van der Waals surface area contributed by atoms with Crippen molar-refractivity contribution in [3.63, 3.8) is 0 Å². The summed E-state index contributed by atoms with van der Waals surface area (Å²) in [4.78, 5) is 0. The van der Waals surface area contributed by atoms with E-state index in [2.05, 4.69) is 15.5 Å². The highest BCUT2D eigenvalue weighted by Crippen LogP contribution is 2.28. The lowest BCUT2D eigenvalue weighted by atomic mass is 10.2. The van der Waals surface area contributed by atoms with Gasteiger partial charge < -0.3 is 20.4 Å². The maximum Gasteiger partial charge on any atom is 0.167 e. The van der Waals surface area contributed by atoms with Crippen LogP contribution in [-0.4, -0.2) is 27.9 Å². The molecule has 0 aliphatic heterocycles. The molecule has 6 nitrogen and oxygen atoms in total. The van der Waals surface area contributed by atoms with Crippen molar-refractivity contribution in [1.29, 1.82) is 0 Å². The number of nitrogen functional groups attached to an aromatic ring is 1. The van der Waals surface area contributed by atoms with E-state index in [1.165, 1.54) is 6.07 Å². The molecule has 2 rings (SSSR count). The predicted molar refractivity (Wildman–Crippen MR) is 75.2 cm³/mol. The summed E-state index contributed by atoms with van der Waals surface area (Å²) in [6, 6.07) is 2.83. The normalized spacial score (nSPS) is 10.6. The van der Waals surface area contributed by atoms with Crippen LogP contribution < -0.4 is 15.8 Å². The summed E-state index contributed by atoms with van der Waals surface area (Å²) in [5.74, 6) is 0.606. The molecule has 0 amide bonds. The van der Waals surface area contributed by atoms with Gasteiger partial charge in [0.2, 0.25) is 0 Å². The summed E-state index contributed by atoms with van der Waals surface area (Å²) in [5, 5.41) is 10.9. The minimum absolute atomic E-state index is 0.197. The van der Waals surface area contributed by atoms with E-state index < -0.39 is 5.82 Å². The monoisotopic (exact) mass is 279 g/mol. The van der Waals surface area contributed by atoms with Crippen molar-refractivity contribution < 1.29 is 9.13 Å². The van der Waals surface area contributed by atoms with Crippen LogP contribution in [0.2, 0.25) is 0 Å². The molecular weight excluding hydrogens is 261 g/mol. The molecule has 0 saturated heterocycles. The molecule has 0 radical (unpaired) electrons. The number of nitrogens with zero attached hydrogens (tertiary/aromatic N) is 3. The third kappa shape index (κ3) is 3.17. The average Bonchev–Trinajstić information content (AvgIpc) is 2.81. The molecule has 108 valence electrons. The summed E-state index contributed by atoms with van der Waals surface area (Å²) >= 11 is 0. The number of hydrogen-bond donors (Lipinski definition) is 2. The molecule has 7 heteroatoms. The maximum absolute atomic E-state index is 13.6. The van der Waals surface area contributed by atoms with Crippen molar-refractivity contribution in [3.8, 4) is 5.75 Å². The first-order chi connectivity index (χ1) is 9.61. The van der Waals surface area contributed by atoms with E-state index in [0.29, 0.717) is 30.9 Å². The van der Waals surface area contributed by atoms with Gasteiger partial charge in [-0.15, -0.1) is 10.2 Å². The molecule has 0 spiro atoms. The van der Waals surface area contributed by atoms with Crippen molar-refractivity contribution in [1.82, 2.24) is 14.8 Å². The zero-order valence-electron chi connectivity index (χ0n) is 11.6. The third-order valence-electron chi connectivity index (χ3n) is 2.87. The quantitative estimate of drug-likeness (QED) is 0.785. The number of ether oxygens (including phenoxy) is 1. The van der Waals surface area contributed by atoms with E-state index in [1.54, 1.807) is 19.3 Å². The first-order valence-electron chi connectivity index (χ1n) is 6.40. The second-order valence-electron chi connectivity index (χ2n) is 4.34. The van der Waals surface area contributed by atoms with Gasteiger partial charge in [-0.3, -0.25) is 0 Å². The summed E-state index contributed by atoms with van der Waals surface area (Å²) in [7, 11) is 1.88. The zero-order valence-corrected chi connectivity index (χ0v) is 11.6. The number of nitrogens with two attached hydrogens (primary N) is 1. The second-order valence-corrected chi connectivity index (χ2v) is 4.34. The highest BCUT2D eigenvalue weighted by atomic mass is 19.1. The van der Waals surface area contributed by atoms with Gasteiger partial charge in [0.15, 0.2) is 11.6 Å². The second kappa shape index (κ2) is 6.23. The standard InChI is InChI=1S/C13H18FN5O/c1-3-20-12-7-11(10(15)6-9(12)14)16-5-4-13-18-17-8-19(13)2/h6-8,16H,3-5,15H2,1-2H3. The lowest BCUT2D eigenvalue weighted by Gasteiger charge is -2.12. The molecule has 3 N–H and O–H groups in total. The van der Waals surface area contributed by atoms with Gasteiger partial charge in [-0.25, -0.2) is 4.39 Å². The first kappa shape index (κ1) is 14.1. The molecule has 0 bridgehead atoms. The first-order valence-corrected chi connectivity index (χ1v) is 6.40. The Balaban J connectivity index is 2.02. The zero-order chi connectivity index (χ0) is 14.5. The molecule has 0 aliphatic rings. The molecule has 20 heavy (non-hydrogen) atoms. The summed E-state index contributed by atoms with van der Waals surface area (Å²) < 4.78 is 20.6. The predicted octanol–water partition coefficient (Wildman–Crippen LogP) is 1.59. The van der Waals surface area contributed by atoms with Gasteiger partial charge in [-0.05, 0) is 6.92 Å². The van der Waals surface area contributed by atoms with E-state index in [9.17, 15) is 4.39 Å². The van der Waals surface area contributed by atoms with Crippen LogP contribution in [0.5, 0.6) is 5.75 Å². The largest absolute Gasteiger partial charge is 0.491 e. The highest BCUT2D eigenvalue weighted by molar-refractivity contribution is 5.68. The van der Waals surface area contributed by atoms with Crippen molar-refractivity contribution >= 4 is 11.4 Å². The fourth-order valence-electron chi connectivity index (χ4n) is 1.83. The number of nitrogens with one attached hydrogen (secondary N) is 1. The van der Waals surface area contributed by atoms with Gasteiger partial charge >= 0.3 is 0 Å². The number of anilines is 2. The van der Waals surface area contributed by atoms with E-state index in [4.69, 9.17) is 10.5 Å². The Kier molecular flexibility index (Phi) is 4.39. The maximum atomic E-state index is 13.6. The number of rotatable bonds is 6. The number of hydrogen-bond acceptors (Lipinski definition) is 5. The van der Waals surface area contributed by atoms with Gasteiger partial charge in [0.1, 0.15) is 12.2 Å². The Labute approximate surface area is 116 Å². The minimum Gasteiger partial charge on any atom is -0.491 e. The van der Waals surface area contributed by atoms with E-state index in [1.807, 2.05) is 11.6 Å². The van der Waals surface area contributed by atoms with Crippen molar-refractivity contribution in [2.45, 2.75) is 13.3 Å². The number of halogens is 1. The molecule has 1 aromatic heterocycles. The molecule has 0 saturated carbocycles. The van der Waals surface area contributed by atoms with Crippen LogP contribution in [0.1, 0.15) is 12.7 Å². The molecule has 0 fully saturated rings. The molecule has 2 aromatic rings. The molecule has 0 unspecified atom stereocenters. The summed E-state index contributed by atoms with van der Waals surface area (Å²) in [6.07, 6.45) is 2.34. The van der Waals surface area contributed by atoms with Gasteiger partial charge in [-0.1, -0.05) is 0 Å². The van der Waals surface area contributed by atoms with Crippen LogP contribution in [0.25, 0.3) is 0 Å². The molecule has 0 atom stereocenters. The Bertz CT molecular complexity index is 584. The van der Waals surface area contributed by atoms with E-state index >= 15 is 0 Å².